The Kier molecular flexibility index (Phi) is 8.59. The van der Waals surface area contributed by atoms with Crippen LogP contribution in [0.2, 0.25) is 0 Å². The van der Waals surface area contributed by atoms with Crippen molar-refractivity contribution >= 4 is 5.69 Å². The average molecular weight is 507 g/mol. The van der Waals surface area contributed by atoms with E-state index in [1.165, 1.54) is 16.7 Å². The number of halogens is 1. The first-order chi connectivity index (χ1) is 17.7. The lowest BCUT2D eigenvalue weighted by Crippen LogP contribution is -2.32. The van der Waals surface area contributed by atoms with Gasteiger partial charge in [-0.3, -0.25) is 0 Å². The molecule has 0 aromatic heterocycles. The summed E-state index contributed by atoms with van der Waals surface area (Å²) in [6.45, 7) is 6.07. The van der Waals surface area contributed by atoms with Gasteiger partial charge in [0.05, 0.1) is 7.11 Å². The molecule has 198 valence electrons. The summed E-state index contributed by atoms with van der Waals surface area (Å²) in [5, 5.41) is 9.89. The highest BCUT2D eigenvalue weighted by molar-refractivity contribution is 5.60. The number of aromatic hydroxyl groups is 1. The monoisotopic (exact) mass is 506 g/mol. The third kappa shape index (κ3) is 6.55. The molecule has 3 aromatic rings. The molecule has 1 aliphatic rings. The molecule has 37 heavy (non-hydrogen) atoms. The summed E-state index contributed by atoms with van der Waals surface area (Å²) in [5.74, 6) is 1.44. The molecule has 0 aliphatic heterocycles. The second-order valence-corrected chi connectivity index (χ2v) is 10.5. The molecule has 0 unspecified atom stereocenters. The van der Waals surface area contributed by atoms with Crippen molar-refractivity contribution in [3.8, 4) is 17.2 Å². The second-order valence-electron chi connectivity index (χ2n) is 10.5. The first kappa shape index (κ1) is 26.8. The van der Waals surface area contributed by atoms with E-state index in [9.17, 15) is 9.50 Å². The number of likely N-dealkylation sites (N-methyl/N-ethyl adjacent to an activating group) is 1. The van der Waals surface area contributed by atoms with Crippen LogP contribution in [0.4, 0.5) is 10.1 Å². The maximum absolute atomic E-state index is 14.9. The zero-order valence-corrected chi connectivity index (χ0v) is 22.6. The van der Waals surface area contributed by atoms with Crippen molar-refractivity contribution in [2.24, 2.45) is 0 Å². The number of phenolic OH excluding ortho intramolecular Hbond substituents is 1. The molecule has 0 fully saturated rings. The van der Waals surface area contributed by atoms with Gasteiger partial charge < -0.3 is 24.4 Å². The van der Waals surface area contributed by atoms with Crippen LogP contribution in [0.15, 0.2) is 54.6 Å². The molecule has 3 aromatic carbocycles. The molecule has 5 nitrogen and oxygen atoms in total. The Balaban J connectivity index is 1.61. The Morgan fingerprint density at radius 2 is 1.84 bits per heavy atom. The van der Waals surface area contributed by atoms with Crippen LogP contribution in [0.1, 0.15) is 48.4 Å². The minimum atomic E-state index is -0.335. The fraction of sp³-hybridized carbons (Fsp3) is 0.419. The number of nitrogens with zero attached hydrogens (tertiary/aromatic N) is 2. The smallest absolute Gasteiger partial charge is 0.165 e. The summed E-state index contributed by atoms with van der Waals surface area (Å²) < 4.78 is 26.1. The van der Waals surface area contributed by atoms with Crippen LogP contribution in [0, 0.1) is 5.82 Å². The van der Waals surface area contributed by atoms with Crippen molar-refractivity contribution < 1.29 is 19.0 Å². The number of aryl methyl sites for hydroxylation is 1. The number of benzene rings is 3. The molecule has 1 aliphatic carbocycles. The standard InChI is InChI=1S/C31H39FN2O3/c1-21(2)34(20-22-6-13-31(29(32)16-22)37-15-14-33(3)4)30-19-27(36-5)11-12-28(30)25-8-7-24-18-26(35)10-9-23(24)17-25/h6,9-13,16,18-19,21,25,35H,7-8,14-15,17,20H2,1-5H3/t25-/m1/s1. The minimum Gasteiger partial charge on any atom is -0.508 e. The van der Waals surface area contributed by atoms with Crippen molar-refractivity contribution in [2.75, 3.05) is 39.3 Å². The molecule has 0 saturated heterocycles. The Morgan fingerprint density at radius 3 is 2.54 bits per heavy atom. The fourth-order valence-electron chi connectivity index (χ4n) is 5.09. The van der Waals surface area contributed by atoms with E-state index < -0.39 is 0 Å². The third-order valence-electron chi connectivity index (χ3n) is 7.17. The first-order valence-corrected chi connectivity index (χ1v) is 13.1. The summed E-state index contributed by atoms with van der Waals surface area (Å²) in [6.07, 6.45) is 2.87. The van der Waals surface area contributed by atoms with Gasteiger partial charge in [-0.15, -0.1) is 0 Å². The molecular formula is C31H39FN2O3. The molecule has 1 atom stereocenters. The number of methoxy groups -OCH3 is 1. The Bertz CT molecular complexity index is 1210. The highest BCUT2D eigenvalue weighted by atomic mass is 19.1. The summed E-state index contributed by atoms with van der Waals surface area (Å²) in [6, 6.07) is 17.5. The van der Waals surface area contributed by atoms with E-state index in [1.54, 1.807) is 25.3 Å². The average Bonchev–Trinajstić information content (AvgIpc) is 2.87. The number of fused-ring (bicyclic) bond motifs is 1. The molecule has 0 saturated carbocycles. The normalized spacial score (nSPS) is 15.1. The lowest BCUT2D eigenvalue weighted by molar-refractivity contribution is 0.252. The van der Waals surface area contributed by atoms with Crippen LogP contribution in [-0.4, -0.2) is 50.4 Å². The van der Waals surface area contributed by atoms with E-state index in [2.05, 4.69) is 30.9 Å². The van der Waals surface area contributed by atoms with Gasteiger partial charge in [0.1, 0.15) is 18.1 Å². The number of hydrogen-bond donors (Lipinski definition) is 1. The number of rotatable bonds is 10. The van der Waals surface area contributed by atoms with Crippen LogP contribution in [0.3, 0.4) is 0 Å². The second kappa shape index (κ2) is 11.9. The number of ether oxygens (including phenoxy) is 2. The van der Waals surface area contributed by atoms with Gasteiger partial charge in [0.25, 0.3) is 0 Å². The van der Waals surface area contributed by atoms with Gasteiger partial charge in [0.15, 0.2) is 11.6 Å². The molecular weight excluding hydrogens is 467 g/mol. The zero-order valence-electron chi connectivity index (χ0n) is 22.6. The number of hydrogen-bond acceptors (Lipinski definition) is 5. The molecule has 1 N–H and O–H groups in total. The Labute approximate surface area is 220 Å². The molecule has 0 spiro atoms. The highest BCUT2D eigenvalue weighted by Crippen LogP contribution is 2.40. The molecule has 0 amide bonds. The third-order valence-corrected chi connectivity index (χ3v) is 7.17. The Morgan fingerprint density at radius 1 is 1.03 bits per heavy atom. The van der Waals surface area contributed by atoms with Crippen molar-refractivity contribution in [3.63, 3.8) is 0 Å². The molecule has 6 heteroatoms. The van der Waals surface area contributed by atoms with Crippen LogP contribution in [0.25, 0.3) is 0 Å². The highest BCUT2D eigenvalue weighted by Gasteiger charge is 2.26. The van der Waals surface area contributed by atoms with E-state index in [0.717, 1.165) is 42.8 Å². The van der Waals surface area contributed by atoms with Crippen LogP contribution in [0.5, 0.6) is 17.2 Å². The summed E-state index contributed by atoms with van der Waals surface area (Å²) in [7, 11) is 5.62. The predicted octanol–water partition coefficient (Wildman–Crippen LogP) is 6.17. The van der Waals surface area contributed by atoms with Crippen LogP contribution < -0.4 is 14.4 Å². The zero-order chi connectivity index (χ0) is 26.5. The molecule has 4 rings (SSSR count). The fourth-order valence-corrected chi connectivity index (χ4v) is 5.09. The summed E-state index contributed by atoms with van der Waals surface area (Å²) in [5.41, 5.74) is 5.81. The SMILES string of the molecule is COc1ccc([C@@H]2CCc3cc(O)ccc3C2)c(N(Cc2ccc(OCCN(C)C)c(F)c2)C(C)C)c1. The van der Waals surface area contributed by atoms with Crippen molar-refractivity contribution in [2.45, 2.75) is 51.6 Å². The Hall–Kier alpha value is -3.25. The van der Waals surface area contributed by atoms with Gasteiger partial charge in [0, 0.05) is 30.9 Å². The van der Waals surface area contributed by atoms with Crippen molar-refractivity contribution in [1.29, 1.82) is 0 Å². The quantitative estimate of drug-likeness (QED) is 0.356. The van der Waals surface area contributed by atoms with E-state index in [4.69, 9.17) is 9.47 Å². The van der Waals surface area contributed by atoms with E-state index in [0.29, 0.717) is 24.8 Å². The number of anilines is 1. The lowest BCUT2D eigenvalue weighted by atomic mass is 9.79. The molecule has 0 bridgehead atoms. The minimum absolute atomic E-state index is 0.192. The van der Waals surface area contributed by atoms with Gasteiger partial charge in [-0.25, -0.2) is 4.39 Å². The maximum atomic E-state index is 14.9. The van der Waals surface area contributed by atoms with Gasteiger partial charge in [-0.05, 0) is 106 Å². The molecule has 0 radical (unpaired) electrons. The van der Waals surface area contributed by atoms with E-state index in [1.807, 2.05) is 43.3 Å². The van der Waals surface area contributed by atoms with Gasteiger partial charge in [-0.1, -0.05) is 18.2 Å². The lowest BCUT2D eigenvalue weighted by Gasteiger charge is -2.35. The predicted molar refractivity (Wildman–Crippen MR) is 148 cm³/mol. The van der Waals surface area contributed by atoms with Gasteiger partial charge in [-0.2, -0.15) is 0 Å². The van der Waals surface area contributed by atoms with Crippen LogP contribution in [-0.2, 0) is 19.4 Å². The number of phenols is 1. The van der Waals surface area contributed by atoms with Crippen LogP contribution >= 0.6 is 0 Å². The van der Waals surface area contributed by atoms with Crippen molar-refractivity contribution in [3.05, 3.63) is 82.7 Å². The van der Waals surface area contributed by atoms with Gasteiger partial charge in [0.2, 0.25) is 0 Å². The summed E-state index contributed by atoms with van der Waals surface area (Å²) in [4.78, 5) is 4.33. The largest absolute Gasteiger partial charge is 0.508 e. The van der Waals surface area contributed by atoms with E-state index in [-0.39, 0.29) is 17.6 Å². The van der Waals surface area contributed by atoms with E-state index >= 15 is 0 Å². The molecule has 0 heterocycles. The summed E-state index contributed by atoms with van der Waals surface area (Å²) >= 11 is 0. The van der Waals surface area contributed by atoms with Crippen molar-refractivity contribution in [1.82, 2.24) is 4.90 Å². The van der Waals surface area contributed by atoms with Gasteiger partial charge >= 0.3 is 0 Å². The first-order valence-electron chi connectivity index (χ1n) is 13.1. The topological polar surface area (TPSA) is 45.2 Å². The maximum Gasteiger partial charge on any atom is 0.165 e.